The van der Waals surface area contributed by atoms with Gasteiger partial charge < -0.3 is 0 Å². The molecule has 0 bridgehead atoms. The van der Waals surface area contributed by atoms with Crippen LogP contribution in [0.3, 0.4) is 0 Å². The van der Waals surface area contributed by atoms with Gasteiger partial charge in [0.15, 0.2) is 0 Å². The molecule has 0 radical (unpaired) electrons. The Labute approximate surface area is 217 Å². The molecule has 0 aliphatic carbocycles. The van der Waals surface area contributed by atoms with E-state index in [0.717, 1.165) is 49.2 Å². The molecule has 0 aromatic heterocycles. The van der Waals surface area contributed by atoms with Crippen molar-refractivity contribution in [2.75, 3.05) is 0 Å². The maximum atomic E-state index is 5.10. The standard InChI is InChI=1S/C30H44N2.Pd/c1-6-9-12-14-26-20-27(15-13-10-7-2)22-30(21-26)32-28(16-11-8-3)23-31-29-18-24(4)17-25(5)19-29;/h17-23H,6-16H2,1-5H3;. The number of benzene rings is 2. The maximum Gasteiger partial charge on any atom is 0.0639 e. The van der Waals surface area contributed by atoms with Gasteiger partial charge in [-0.25, -0.2) is 0 Å². The minimum atomic E-state index is 0. The van der Waals surface area contributed by atoms with Gasteiger partial charge in [-0.3, -0.25) is 9.98 Å². The van der Waals surface area contributed by atoms with Crippen molar-refractivity contribution < 1.29 is 20.4 Å². The fourth-order valence-corrected chi connectivity index (χ4v) is 4.10. The van der Waals surface area contributed by atoms with E-state index in [1.807, 2.05) is 6.21 Å². The van der Waals surface area contributed by atoms with Gasteiger partial charge in [0.1, 0.15) is 0 Å². The van der Waals surface area contributed by atoms with Gasteiger partial charge in [-0.2, -0.15) is 0 Å². The summed E-state index contributed by atoms with van der Waals surface area (Å²) in [5.41, 5.74) is 8.57. The summed E-state index contributed by atoms with van der Waals surface area (Å²) in [7, 11) is 0. The molecule has 0 amide bonds. The molecule has 0 fully saturated rings. The molecule has 2 aromatic rings. The molecule has 2 aromatic carbocycles. The van der Waals surface area contributed by atoms with E-state index in [1.54, 1.807) is 0 Å². The zero-order chi connectivity index (χ0) is 23.2. The van der Waals surface area contributed by atoms with Gasteiger partial charge >= 0.3 is 0 Å². The quantitative estimate of drug-likeness (QED) is 0.130. The monoisotopic (exact) mass is 538 g/mol. The average Bonchev–Trinajstić information content (AvgIpc) is 2.75. The predicted octanol–water partition coefficient (Wildman–Crippen LogP) is 9.43. The predicted molar refractivity (Wildman–Crippen MR) is 144 cm³/mol. The van der Waals surface area contributed by atoms with Gasteiger partial charge in [-0.1, -0.05) is 65.0 Å². The van der Waals surface area contributed by atoms with Crippen molar-refractivity contribution in [2.24, 2.45) is 9.98 Å². The minimum Gasteiger partial charge on any atom is -0.255 e. The van der Waals surface area contributed by atoms with Crippen LogP contribution < -0.4 is 0 Å². The van der Waals surface area contributed by atoms with Crippen LogP contribution in [0.1, 0.15) is 101 Å². The Kier molecular flexibility index (Phi) is 15.2. The van der Waals surface area contributed by atoms with Gasteiger partial charge in [0.25, 0.3) is 0 Å². The SMILES string of the molecule is CCCCCc1cc(CCCCC)cc(N=C(C=Nc2cc(C)cc(C)c2)CCCC)c1.[Pd]. The molecular weight excluding hydrogens is 495 g/mol. The molecule has 0 unspecified atom stereocenters. The van der Waals surface area contributed by atoms with Crippen LogP contribution in [0.5, 0.6) is 0 Å². The first-order valence-electron chi connectivity index (χ1n) is 12.9. The summed E-state index contributed by atoms with van der Waals surface area (Å²) in [6.45, 7) is 11.0. The molecule has 0 aliphatic heterocycles. The number of rotatable bonds is 14. The van der Waals surface area contributed by atoms with Crippen LogP contribution >= 0.6 is 0 Å². The van der Waals surface area contributed by atoms with Gasteiger partial charge in [-0.15, -0.1) is 0 Å². The summed E-state index contributed by atoms with van der Waals surface area (Å²) >= 11 is 0. The number of nitrogens with zero attached hydrogens (tertiary/aromatic N) is 2. The van der Waals surface area contributed by atoms with Crippen LogP contribution in [0.4, 0.5) is 11.4 Å². The Morgan fingerprint density at radius 1 is 0.667 bits per heavy atom. The third kappa shape index (κ3) is 11.9. The van der Waals surface area contributed by atoms with Gasteiger partial charge in [0.05, 0.1) is 17.1 Å². The number of aryl methyl sites for hydroxylation is 4. The van der Waals surface area contributed by atoms with E-state index in [1.165, 1.54) is 60.8 Å². The van der Waals surface area contributed by atoms with E-state index in [0.29, 0.717) is 0 Å². The normalized spacial score (nSPS) is 11.7. The maximum absolute atomic E-state index is 5.10. The van der Waals surface area contributed by atoms with Gasteiger partial charge in [0.2, 0.25) is 0 Å². The van der Waals surface area contributed by atoms with E-state index in [2.05, 4.69) is 71.0 Å². The number of hydrogen-bond donors (Lipinski definition) is 0. The second kappa shape index (κ2) is 17.0. The molecule has 184 valence electrons. The van der Waals surface area contributed by atoms with E-state index in [4.69, 9.17) is 9.98 Å². The Balaban J connectivity index is 0.00000544. The van der Waals surface area contributed by atoms with Crippen molar-refractivity contribution in [3.63, 3.8) is 0 Å². The Hall–Kier alpha value is -1.56. The van der Waals surface area contributed by atoms with Crippen molar-refractivity contribution in [2.45, 2.75) is 105 Å². The fraction of sp³-hybridized carbons (Fsp3) is 0.533. The second-order valence-corrected chi connectivity index (χ2v) is 9.23. The molecule has 0 atom stereocenters. The zero-order valence-corrected chi connectivity index (χ0v) is 23.1. The first-order chi connectivity index (χ1) is 15.5. The van der Waals surface area contributed by atoms with Crippen LogP contribution in [0.2, 0.25) is 0 Å². The largest absolute Gasteiger partial charge is 0.255 e. The van der Waals surface area contributed by atoms with Crippen LogP contribution in [0.15, 0.2) is 46.4 Å². The molecule has 2 rings (SSSR count). The van der Waals surface area contributed by atoms with Gasteiger partial charge in [-0.05, 0) is 98.9 Å². The third-order valence-corrected chi connectivity index (χ3v) is 5.80. The first-order valence-corrected chi connectivity index (χ1v) is 12.9. The summed E-state index contributed by atoms with van der Waals surface area (Å²) in [6, 6.07) is 13.5. The Bertz CT molecular complexity index is 834. The second-order valence-electron chi connectivity index (χ2n) is 9.23. The molecule has 0 saturated carbocycles. The zero-order valence-electron chi connectivity index (χ0n) is 21.5. The molecule has 0 N–H and O–H groups in total. The van der Waals surface area contributed by atoms with Crippen LogP contribution in [0.25, 0.3) is 0 Å². The summed E-state index contributed by atoms with van der Waals surface area (Å²) < 4.78 is 0. The van der Waals surface area contributed by atoms with Crippen LogP contribution in [-0.4, -0.2) is 11.9 Å². The summed E-state index contributed by atoms with van der Waals surface area (Å²) in [6.07, 6.45) is 15.2. The van der Waals surface area contributed by atoms with Crippen molar-refractivity contribution in [3.05, 3.63) is 58.7 Å². The van der Waals surface area contributed by atoms with Crippen molar-refractivity contribution in [1.29, 1.82) is 0 Å². The third-order valence-electron chi connectivity index (χ3n) is 5.80. The van der Waals surface area contributed by atoms with E-state index < -0.39 is 0 Å². The topological polar surface area (TPSA) is 24.7 Å². The number of unbranched alkanes of at least 4 members (excludes halogenated alkanes) is 5. The smallest absolute Gasteiger partial charge is 0.0639 e. The summed E-state index contributed by atoms with van der Waals surface area (Å²) in [5, 5.41) is 0. The van der Waals surface area contributed by atoms with Gasteiger partial charge in [0, 0.05) is 26.6 Å². The summed E-state index contributed by atoms with van der Waals surface area (Å²) in [5.74, 6) is 0. The Morgan fingerprint density at radius 3 is 1.73 bits per heavy atom. The van der Waals surface area contributed by atoms with Crippen molar-refractivity contribution in [1.82, 2.24) is 0 Å². The minimum absolute atomic E-state index is 0. The number of hydrogen-bond acceptors (Lipinski definition) is 2. The molecule has 3 heteroatoms. The molecule has 33 heavy (non-hydrogen) atoms. The molecule has 2 nitrogen and oxygen atoms in total. The molecule has 0 saturated heterocycles. The van der Waals surface area contributed by atoms with Crippen LogP contribution in [0, 0.1) is 13.8 Å². The molecule has 0 aliphatic rings. The van der Waals surface area contributed by atoms with Crippen molar-refractivity contribution in [3.8, 4) is 0 Å². The fourth-order valence-electron chi connectivity index (χ4n) is 4.10. The van der Waals surface area contributed by atoms with E-state index in [-0.39, 0.29) is 20.4 Å². The number of aliphatic imine (C=N–C) groups is 2. The molecule has 0 spiro atoms. The Morgan fingerprint density at radius 2 is 1.21 bits per heavy atom. The first kappa shape index (κ1) is 29.5. The molecule has 0 heterocycles. The average molecular weight is 539 g/mol. The summed E-state index contributed by atoms with van der Waals surface area (Å²) in [4.78, 5) is 9.89. The van der Waals surface area contributed by atoms with E-state index >= 15 is 0 Å². The van der Waals surface area contributed by atoms with Crippen LogP contribution in [-0.2, 0) is 33.3 Å². The molecular formula is C30H44N2Pd. The van der Waals surface area contributed by atoms with Crippen molar-refractivity contribution >= 4 is 23.3 Å². The van der Waals surface area contributed by atoms with E-state index in [9.17, 15) is 0 Å².